The van der Waals surface area contributed by atoms with Gasteiger partial charge < -0.3 is 18.9 Å². The fraction of sp³-hybridized carbons (Fsp3) is 0.261. The van der Waals surface area contributed by atoms with E-state index in [1.54, 1.807) is 14.2 Å². The monoisotopic (exact) mass is 382 g/mol. The molecule has 0 N–H and O–H groups in total. The van der Waals surface area contributed by atoms with Crippen LogP contribution in [-0.2, 0) is 35.5 Å². The molecule has 5 heteroatoms. The van der Waals surface area contributed by atoms with Gasteiger partial charge >= 0.3 is 6.16 Å². The third-order valence-corrected chi connectivity index (χ3v) is 4.15. The van der Waals surface area contributed by atoms with E-state index in [0.717, 1.165) is 35.1 Å². The highest BCUT2D eigenvalue weighted by molar-refractivity contribution is 5.60. The van der Waals surface area contributed by atoms with Gasteiger partial charge in [-0.15, -0.1) is 13.2 Å². The molecule has 148 valence electrons. The van der Waals surface area contributed by atoms with Crippen molar-refractivity contribution < 1.29 is 23.7 Å². The molecule has 0 unspecified atom stereocenters. The highest BCUT2D eigenvalue weighted by Crippen LogP contribution is 2.23. The summed E-state index contributed by atoms with van der Waals surface area (Å²) in [6, 6.07) is 11.4. The molecule has 2 aromatic carbocycles. The van der Waals surface area contributed by atoms with Crippen molar-refractivity contribution in [1.29, 1.82) is 0 Å². The van der Waals surface area contributed by atoms with Crippen molar-refractivity contribution >= 4 is 6.16 Å². The minimum Gasteiger partial charge on any atom is -0.496 e. The zero-order valence-electron chi connectivity index (χ0n) is 16.4. The van der Waals surface area contributed by atoms with E-state index in [1.165, 1.54) is 0 Å². The largest absolute Gasteiger partial charge is 0.508 e. The Bertz CT molecular complexity index is 758. The fourth-order valence-electron chi connectivity index (χ4n) is 2.72. The number of carbonyl (C=O) groups excluding carboxylic acids is 1. The van der Waals surface area contributed by atoms with Crippen LogP contribution in [0.15, 0.2) is 61.7 Å². The molecule has 0 saturated carbocycles. The first-order valence-electron chi connectivity index (χ1n) is 8.94. The molecule has 0 bridgehead atoms. The first kappa shape index (κ1) is 21.1. The summed E-state index contributed by atoms with van der Waals surface area (Å²) < 4.78 is 21.2. The van der Waals surface area contributed by atoms with Gasteiger partial charge in [0.1, 0.15) is 24.7 Å². The molecule has 0 fully saturated rings. The van der Waals surface area contributed by atoms with Gasteiger partial charge in [0, 0.05) is 11.1 Å². The summed E-state index contributed by atoms with van der Waals surface area (Å²) in [5.41, 5.74) is 3.67. The van der Waals surface area contributed by atoms with Crippen molar-refractivity contribution in [1.82, 2.24) is 0 Å². The number of rotatable bonds is 10. The van der Waals surface area contributed by atoms with Gasteiger partial charge in [-0.3, -0.25) is 0 Å². The van der Waals surface area contributed by atoms with E-state index < -0.39 is 6.16 Å². The molecule has 0 heterocycles. The van der Waals surface area contributed by atoms with E-state index in [4.69, 9.17) is 18.9 Å². The standard InChI is InChI=1S/C23H26O5/c1-5-7-17-9-11-19(21(13-17)25-3)15-27-23(24)28-16-20-12-10-18(8-6-2)14-22(20)26-4/h5-6,9-14H,1-2,7-8,15-16H2,3-4H3. The van der Waals surface area contributed by atoms with Crippen LogP contribution in [0.5, 0.6) is 11.5 Å². The molecular weight excluding hydrogens is 356 g/mol. The lowest BCUT2D eigenvalue weighted by atomic mass is 10.1. The lowest BCUT2D eigenvalue weighted by Crippen LogP contribution is -2.09. The zero-order valence-corrected chi connectivity index (χ0v) is 16.4. The Morgan fingerprint density at radius 3 is 1.61 bits per heavy atom. The van der Waals surface area contributed by atoms with E-state index in [9.17, 15) is 4.79 Å². The Balaban J connectivity index is 1.93. The number of carbonyl (C=O) groups is 1. The van der Waals surface area contributed by atoms with Crippen LogP contribution in [0.3, 0.4) is 0 Å². The number of allylic oxidation sites excluding steroid dienone is 2. The van der Waals surface area contributed by atoms with Gasteiger partial charge in [0.2, 0.25) is 0 Å². The molecule has 2 aromatic rings. The second-order valence-corrected chi connectivity index (χ2v) is 6.11. The normalized spacial score (nSPS) is 10.1. The SMILES string of the molecule is C=CCc1ccc(COC(=O)OCc2ccc(CC=C)cc2OC)c(OC)c1. The first-order valence-corrected chi connectivity index (χ1v) is 8.94. The van der Waals surface area contributed by atoms with Crippen LogP contribution in [0.25, 0.3) is 0 Å². The van der Waals surface area contributed by atoms with Crippen molar-refractivity contribution in [2.75, 3.05) is 14.2 Å². The summed E-state index contributed by atoms with van der Waals surface area (Å²) in [6.45, 7) is 7.57. The van der Waals surface area contributed by atoms with Crippen molar-refractivity contribution in [3.05, 3.63) is 84.0 Å². The Morgan fingerprint density at radius 1 is 0.821 bits per heavy atom. The van der Waals surface area contributed by atoms with Crippen LogP contribution < -0.4 is 9.47 Å². The smallest absolute Gasteiger partial charge is 0.496 e. The Morgan fingerprint density at radius 2 is 1.25 bits per heavy atom. The predicted molar refractivity (Wildman–Crippen MR) is 109 cm³/mol. The van der Waals surface area contributed by atoms with Crippen molar-refractivity contribution in [2.45, 2.75) is 26.1 Å². The highest BCUT2D eigenvalue weighted by Gasteiger charge is 2.11. The lowest BCUT2D eigenvalue weighted by Gasteiger charge is -2.12. The molecule has 0 atom stereocenters. The number of hydrogen-bond donors (Lipinski definition) is 0. The molecule has 2 rings (SSSR count). The van der Waals surface area contributed by atoms with E-state index in [1.807, 2.05) is 48.6 Å². The van der Waals surface area contributed by atoms with E-state index >= 15 is 0 Å². The number of ether oxygens (including phenoxy) is 4. The Hall–Kier alpha value is -3.21. The highest BCUT2D eigenvalue weighted by atomic mass is 16.7. The maximum atomic E-state index is 12.0. The zero-order chi connectivity index (χ0) is 20.4. The van der Waals surface area contributed by atoms with Crippen LogP contribution >= 0.6 is 0 Å². The molecule has 0 saturated heterocycles. The Kier molecular flexibility index (Phi) is 8.15. The average molecular weight is 382 g/mol. The third kappa shape index (κ3) is 5.91. The molecule has 0 aromatic heterocycles. The lowest BCUT2D eigenvalue weighted by molar-refractivity contribution is 0.0438. The summed E-state index contributed by atoms with van der Waals surface area (Å²) in [6.07, 6.45) is 4.37. The fourth-order valence-corrected chi connectivity index (χ4v) is 2.72. The van der Waals surface area contributed by atoms with Crippen LogP contribution in [-0.4, -0.2) is 20.4 Å². The van der Waals surface area contributed by atoms with Gasteiger partial charge in [-0.05, 0) is 36.1 Å². The maximum absolute atomic E-state index is 12.0. The number of hydrogen-bond acceptors (Lipinski definition) is 5. The number of methoxy groups -OCH3 is 2. The molecule has 0 spiro atoms. The molecule has 0 radical (unpaired) electrons. The van der Waals surface area contributed by atoms with Crippen LogP contribution in [0.2, 0.25) is 0 Å². The topological polar surface area (TPSA) is 54.0 Å². The maximum Gasteiger partial charge on any atom is 0.508 e. The van der Waals surface area contributed by atoms with Crippen LogP contribution in [0.4, 0.5) is 4.79 Å². The van der Waals surface area contributed by atoms with Crippen molar-refractivity contribution in [3.63, 3.8) is 0 Å². The quantitative estimate of drug-likeness (QED) is 0.427. The van der Waals surface area contributed by atoms with Crippen LogP contribution in [0.1, 0.15) is 22.3 Å². The van der Waals surface area contributed by atoms with E-state index in [-0.39, 0.29) is 13.2 Å². The summed E-state index contributed by atoms with van der Waals surface area (Å²) in [5, 5.41) is 0. The third-order valence-electron chi connectivity index (χ3n) is 4.15. The minimum atomic E-state index is -0.755. The van der Waals surface area contributed by atoms with Gasteiger partial charge in [-0.1, -0.05) is 36.4 Å². The molecule has 28 heavy (non-hydrogen) atoms. The molecule has 0 aliphatic heterocycles. The first-order chi connectivity index (χ1) is 13.6. The van der Waals surface area contributed by atoms with Gasteiger partial charge in [-0.25, -0.2) is 4.79 Å². The summed E-state index contributed by atoms with van der Waals surface area (Å²) in [7, 11) is 3.16. The second-order valence-electron chi connectivity index (χ2n) is 6.11. The molecule has 5 nitrogen and oxygen atoms in total. The molecule has 0 aliphatic rings. The van der Waals surface area contributed by atoms with Gasteiger partial charge in [0.05, 0.1) is 14.2 Å². The summed E-state index contributed by atoms with van der Waals surface area (Å²) >= 11 is 0. The van der Waals surface area contributed by atoms with Crippen LogP contribution in [0, 0.1) is 0 Å². The molecule has 0 amide bonds. The minimum absolute atomic E-state index is 0.0613. The second kappa shape index (κ2) is 10.8. The Labute approximate surface area is 166 Å². The van der Waals surface area contributed by atoms with Gasteiger partial charge in [0.15, 0.2) is 0 Å². The van der Waals surface area contributed by atoms with Gasteiger partial charge in [-0.2, -0.15) is 0 Å². The van der Waals surface area contributed by atoms with Crippen molar-refractivity contribution in [2.24, 2.45) is 0 Å². The van der Waals surface area contributed by atoms with Gasteiger partial charge in [0.25, 0.3) is 0 Å². The average Bonchev–Trinajstić information content (AvgIpc) is 2.72. The van der Waals surface area contributed by atoms with Crippen molar-refractivity contribution in [3.8, 4) is 11.5 Å². The summed E-state index contributed by atoms with van der Waals surface area (Å²) in [5.74, 6) is 1.32. The molecule has 0 aliphatic carbocycles. The van der Waals surface area contributed by atoms with E-state index in [2.05, 4.69) is 13.2 Å². The van der Waals surface area contributed by atoms with E-state index in [0.29, 0.717) is 11.5 Å². The molecular formula is C23H26O5. The predicted octanol–water partition coefficient (Wildman–Crippen LogP) is 5.01. The summed E-state index contributed by atoms with van der Waals surface area (Å²) in [4.78, 5) is 12.0. The number of benzene rings is 2.